The van der Waals surface area contributed by atoms with Gasteiger partial charge in [0.05, 0.1) is 0 Å². The maximum absolute atomic E-state index is 13.1. The van der Waals surface area contributed by atoms with Crippen molar-refractivity contribution in [3.63, 3.8) is 0 Å². The number of piperidine rings is 1. The highest BCUT2D eigenvalue weighted by molar-refractivity contribution is 5.94. The monoisotopic (exact) mass is 360 g/mol. The van der Waals surface area contributed by atoms with Crippen LogP contribution in [0.25, 0.3) is 5.69 Å². The number of benzene rings is 2. The van der Waals surface area contributed by atoms with Crippen molar-refractivity contribution in [1.82, 2.24) is 19.7 Å². The number of nitrogens with zero attached hydrogens (tertiary/aromatic N) is 4. The predicted octanol–water partition coefficient (Wildman–Crippen LogP) is 3.89. The summed E-state index contributed by atoms with van der Waals surface area (Å²) in [6.45, 7) is 0.853. The van der Waals surface area contributed by atoms with Crippen molar-refractivity contribution in [2.24, 2.45) is 0 Å². The second-order valence-corrected chi connectivity index (χ2v) is 7.09. The molecule has 2 heterocycles. The first kappa shape index (κ1) is 17.5. The number of hydrogen-bond acceptors (Lipinski definition) is 3. The van der Waals surface area contributed by atoms with Gasteiger partial charge in [-0.05, 0) is 61.9 Å². The van der Waals surface area contributed by atoms with E-state index in [9.17, 15) is 4.79 Å². The molecule has 138 valence electrons. The van der Waals surface area contributed by atoms with Gasteiger partial charge in [-0.1, -0.05) is 30.3 Å². The molecule has 0 aliphatic carbocycles. The lowest BCUT2D eigenvalue weighted by molar-refractivity contribution is 0.0602. The second kappa shape index (κ2) is 8.16. The third kappa shape index (κ3) is 4.08. The van der Waals surface area contributed by atoms with Crippen molar-refractivity contribution < 1.29 is 4.79 Å². The summed E-state index contributed by atoms with van der Waals surface area (Å²) >= 11 is 0. The molecular formula is C22H24N4O. The molecule has 1 amide bonds. The zero-order chi connectivity index (χ0) is 18.5. The number of aryl methyl sites for hydroxylation is 1. The van der Waals surface area contributed by atoms with E-state index in [4.69, 9.17) is 0 Å². The van der Waals surface area contributed by atoms with Crippen LogP contribution in [0.2, 0.25) is 0 Å². The Morgan fingerprint density at radius 3 is 2.44 bits per heavy atom. The molecule has 0 saturated carbocycles. The molecule has 27 heavy (non-hydrogen) atoms. The van der Waals surface area contributed by atoms with Crippen LogP contribution in [0.3, 0.4) is 0 Å². The average Bonchev–Trinajstić information content (AvgIpc) is 3.28. The highest BCUT2D eigenvalue weighted by Crippen LogP contribution is 2.24. The van der Waals surface area contributed by atoms with E-state index in [1.165, 1.54) is 12.0 Å². The molecule has 2 aromatic carbocycles. The Kier molecular flexibility index (Phi) is 5.28. The van der Waals surface area contributed by atoms with Crippen LogP contribution in [0.1, 0.15) is 41.6 Å². The topological polar surface area (TPSA) is 51.0 Å². The number of rotatable bonds is 5. The lowest BCUT2D eigenvalue weighted by Gasteiger charge is -2.36. The van der Waals surface area contributed by atoms with E-state index in [2.05, 4.69) is 39.4 Å². The molecule has 1 aliphatic heterocycles. The summed E-state index contributed by atoms with van der Waals surface area (Å²) in [5, 5.41) is 7.65. The van der Waals surface area contributed by atoms with Gasteiger partial charge in [0.1, 0.15) is 12.7 Å². The third-order valence-electron chi connectivity index (χ3n) is 5.33. The van der Waals surface area contributed by atoms with Gasteiger partial charge in [0.2, 0.25) is 0 Å². The van der Waals surface area contributed by atoms with Gasteiger partial charge in [0.15, 0.2) is 0 Å². The van der Waals surface area contributed by atoms with E-state index in [1.807, 2.05) is 34.9 Å². The smallest absolute Gasteiger partial charge is 0.254 e. The van der Waals surface area contributed by atoms with Crippen molar-refractivity contribution in [2.45, 2.75) is 38.1 Å². The van der Waals surface area contributed by atoms with Gasteiger partial charge in [-0.15, -0.1) is 10.2 Å². The molecule has 5 heteroatoms. The summed E-state index contributed by atoms with van der Waals surface area (Å²) in [4.78, 5) is 15.2. The Balaban J connectivity index is 1.45. The van der Waals surface area contributed by atoms with Crippen molar-refractivity contribution in [3.8, 4) is 5.69 Å². The molecule has 1 aliphatic rings. The van der Waals surface area contributed by atoms with E-state index in [0.717, 1.165) is 43.5 Å². The molecule has 1 atom stereocenters. The Morgan fingerprint density at radius 2 is 1.70 bits per heavy atom. The van der Waals surface area contributed by atoms with Gasteiger partial charge in [-0.25, -0.2) is 0 Å². The first-order valence-corrected chi connectivity index (χ1v) is 9.61. The average molecular weight is 360 g/mol. The largest absolute Gasteiger partial charge is 0.336 e. The molecule has 1 saturated heterocycles. The van der Waals surface area contributed by atoms with E-state index >= 15 is 0 Å². The lowest BCUT2D eigenvalue weighted by Crippen LogP contribution is -2.44. The number of aromatic nitrogens is 3. The summed E-state index contributed by atoms with van der Waals surface area (Å²) < 4.78 is 1.83. The maximum Gasteiger partial charge on any atom is 0.254 e. The minimum atomic E-state index is 0.142. The van der Waals surface area contributed by atoms with Crippen molar-refractivity contribution >= 4 is 5.91 Å². The summed E-state index contributed by atoms with van der Waals surface area (Å²) in [5.41, 5.74) is 3.04. The SMILES string of the molecule is O=C(c1ccc(-n2cnnc2)cc1)N1CCCC[C@H]1CCc1ccccc1. The molecule has 5 nitrogen and oxygen atoms in total. The highest BCUT2D eigenvalue weighted by atomic mass is 16.2. The summed E-state index contributed by atoms with van der Waals surface area (Å²) in [6, 6.07) is 18.6. The van der Waals surface area contributed by atoms with Gasteiger partial charge < -0.3 is 4.90 Å². The van der Waals surface area contributed by atoms with Gasteiger partial charge in [-0.2, -0.15) is 0 Å². The molecule has 0 bridgehead atoms. The number of hydrogen-bond donors (Lipinski definition) is 0. The highest BCUT2D eigenvalue weighted by Gasteiger charge is 2.27. The van der Waals surface area contributed by atoms with Gasteiger partial charge >= 0.3 is 0 Å². The molecule has 0 radical (unpaired) electrons. The third-order valence-corrected chi connectivity index (χ3v) is 5.33. The Labute approximate surface area is 159 Å². The molecule has 0 spiro atoms. The number of carbonyl (C=O) groups excluding carboxylic acids is 1. The standard InChI is InChI=1S/C22H24N4O/c27-22(19-10-13-20(14-11-19)25-16-23-24-17-25)26-15-5-4-8-21(26)12-9-18-6-2-1-3-7-18/h1-3,6-7,10-11,13-14,16-17,21H,4-5,8-9,12,15H2/t21-/m0/s1. The molecule has 0 N–H and O–H groups in total. The van der Waals surface area contributed by atoms with Crippen LogP contribution >= 0.6 is 0 Å². The summed E-state index contributed by atoms with van der Waals surface area (Å²) in [7, 11) is 0. The number of likely N-dealkylation sites (tertiary alicyclic amines) is 1. The van der Waals surface area contributed by atoms with E-state index in [-0.39, 0.29) is 5.91 Å². The molecule has 1 aromatic heterocycles. The first-order valence-electron chi connectivity index (χ1n) is 9.61. The van der Waals surface area contributed by atoms with Crippen LogP contribution in [0.5, 0.6) is 0 Å². The number of amides is 1. The summed E-state index contributed by atoms with van der Waals surface area (Å²) in [5.74, 6) is 0.142. The maximum atomic E-state index is 13.1. The van der Waals surface area contributed by atoms with E-state index < -0.39 is 0 Å². The van der Waals surface area contributed by atoms with Crippen LogP contribution in [-0.2, 0) is 6.42 Å². The second-order valence-electron chi connectivity index (χ2n) is 7.09. The van der Waals surface area contributed by atoms with Crippen LogP contribution in [0, 0.1) is 0 Å². The van der Waals surface area contributed by atoms with Gasteiger partial charge in [0, 0.05) is 23.8 Å². The zero-order valence-electron chi connectivity index (χ0n) is 15.4. The zero-order valence-corrected chi connectivity index (χ0v) is 15.4. The van der Waals surface area contributed by atoms with E-state index in [0.29, 0.717) is 6.04 Å². The number of carbonyl (C=O) groups is 1. The van der Waals surface area contributed by atoms with Crippen LogP contribution in [-0.4, -0.2) is 38.2 Å². The van der Waals surface area contributed by atoms with Crippen molar-refractivity contribution in [1.29, 1.82) is 0 Å². The molecule has 3 aromatic rings. The van der Waals surface area contributed by atoms with Crippen molar-refractivity contribution in [3.05, 3.63) is 78.4 Å². The predicted molar refractivity (Wildman–Crippen MR) is 105 cm³/mol. The van der Waals surface area contributed by atoms with Crippen LogP contribution < -0.4 is 0 Å². The van der Waals surface area contributed by atoms with Gasteiger partial charge in [0.25, 0.3) is 5.91 Å². The quantitative estimate of drug-likeness (QED) is 0.693. The molecule has 0 unspecified atom stereocenters. The fraction of sp³-hybridized carbons (Fsp3) is 0.318. The van der Waals surface area contributed by atoms with Gasteiger partial charge in [-0.3, -0.25) is 9.36 Å². The van der Waals surface area contributed by atoms with Crippen LogP contribution in [0.15, 0.2) is 67.3 Å². The lowest BCUT2D eigenvalue weighted by atomic mass is 9.95. The Bertz CT molecular complexity index is 859. The molecule has 1 fully saturated rings. The minimum Gasteiger partial charge on any atom is -0.336 e. The fourth-order valence-electron chi connectivity index (χ4n) is 3.82. The Hall–Kier alpha value is -2.95. The van der Waals surface area contributed by atoms with Crippen molar-refractivity contribution in [2.75, 3.05) is 6.54 Å². The first-order chi connectivity index (χ1) is 13.3. The fourth-order valence-corrected chi connectivity index (χ4v) is 3.82. The normalized spacial score (nSPS) is 17.0. The Morgan fingerprint density at radius 1 is 0.963 bits per heavy atom. The summed E-state index contributed by atoms with van der Waals surface area (Å²) in [6.07, 6.45) is 8.73. The van der Waals surface area contributed by atoms with E-state index in [1.54, 1.807) is 12.7 Å². The molecular weight excluding hydrogens is 336 g/mol. The molecule has 4 rings (SSSR count). The van der Waals surface area contributed by atoms with Crippen LogP contribution in [0.4, 0.5) is 0 Å². The minimum absolute atomic E-state index is 0.142.